The maximum atomic E-state index is 14.6. The van der Waals surface area contributed by atoms with Gasteiger partial charge in [-0.3, -0.25) is 19.2 Å². The summed E-state index contributed by atoms with van der Waals surface area (Å²) >= 11 is 1.56. The lowest BCUT2D eigenvalue weighted by Crippen LogP contribution is -2.55. The van der Waals surface area contributed by atoms with Crippen LogP contribution >= 0.6 is 11.3 Å². The van der Waals surface area contributed by atoms with Gasteiger partial charge in [0.1, 0.15) is 23.9 Å². The molecule has 0 radical (unpaired) electrons. The zero-order valence-electron chi connectivity index (χ0n) is 50.4. The molecule has 21 heteroatoms. The lowest BCUT2D eigenvalue weighted by Gasteiger charge is -2.43. The minimum atomic E-state index is -0.990. The molecule has 4 amide bonds. The third kappa shape index (κ3) is 12.4. The van der Waals surface area contributed by atoms with E-state index >= 15 is 0 Å². The Labute approximate surface area is 518 Å². The minimum Gasteiger partial charge on any atom is -0.507 e. The average molecular weight is 1210 g/mol. The third-order valence-electron chi connectivity index (χ3n) is 19.5. The van der Waals surface area contributed by atoms with Crippen molar-refractivity contribution in [1.82, 2.24) is 45.1 Å². The molecule has 5 saturated heterocycles. The maximum absolute atomic E-state index is 14.6. The number of fused-ring (bicyclic) bond motifs is 3. The maximum Gasteiger partial charge on any atom is 0.255 e. The number of nitrogens with zero attached hydrogens (tertiary/aromatic N) is 10. The number of anilines is 3. The molecule has 9 heterocycles. The fourth-order valence-corrected chi connectivity index (χ4v) is 15.6. The molecule has 7 aliphatic rings. The number of pyridine rings is 1. The molecule has 1 aliphatic carbocycles. The number of para-hydroxylation sites is 1. The Kier molecular flexibility index (Phi) is 17.1. The molecule has 88 heavy (non-hydrogen) atoms. The molecular formula is C67H80N12O8S. The van der Waals surface area contributed by atoms with Crippen LogP contribution in [0.5, 0.6) is 11.6 Å². The number of amides is 4. The number of aliphatic hydroxyl groups is 1. The summed E-state index contributed by atoms with van der Waals surface area (Å²) in [6.07, 6.45) is 9.00. The number of carbonyl (C=O) groups is 4. The monoisotopic (exact) mass is 1210 g/mol. The Morgan fingerprint density at radius 2 is 1.53 bits per heavy atom. The van der Waals surface area contributed by atoms with Crippen LogP contribution in [0.25, 0.3) is 21.7 Å². The van der Waals surface area contributed by atoms with Crippen molar-refractivity contribution < 1.29 is 38.9 Å². The van der Waals surface area contributed by atoms with Crippen molar-refractivity contribution in [3.63, 3.8) is 0 Å². The van der Waals surface area contributed by atoms with E-state index in [2.05, 4.69) is 52.3 Å². The number of thiazole rings is 1. The van der Waals surface area contributed by atoms with Crippen LogP contribution in [0, 0.1) is 18.8 Å². The van der Waals surface area contributed by atoms with Crippen molar-refractivity contribution in [3.8, 4) is 33.3 Å². The lowest BCUT2D eigenvalue weighted by atomic mass is 9.91. The number of piperidine rings is 2. The van der Waals surface area contributed by atoms with Gasteiger partial charge in [-0.05, 0) is 104 Å². The van der Waals surface area contributed by atoms with Crippen LogP contribution in [0.1, 0.15) is 111 Å². The zero-order chi connectivity index (χ0) is 60.7. The SMILES string of the molecule is Cc1ncsc1-c1ccc([C@H](CC(=O)N2CCC(CN3CCC(OC4CC(Oc5cc(N6C7CC[C@@H]6CN(c6cc(-c8ccccc8O)nnc6N)C7)ccn5)C4)CC3)CC2)NC(=O)[C@@H]2C[C@@H](O)CN2C(=O)[C@H](C(C)C)N2Cc3ccccc3C2=O)cc1. The van der Waals surface area contributed by atoms with Crippen molar-refractivity contribution >= 4 is 52.2 Å². The van der Waals surface area contributed by atoms with Crippen LogP contribution in [-0.4, -0.2) is 175 Å². The van der Waals surface area contributed by atoms with Gasteiger partial charge in [-0.2, -0.15) is 0 Å². The molecule has 6 aliphatic heterocycles. The zero-order valence-corrected chi connectivity index (χ0v) is 51.2. The number of ether oxygens (including phenoxy) is 2. The summed E-state index contributed by atoms with van der Waals surface area (Å²) in [6.45, 7) is 11.8. The largest absolute Gasteiger partial charge is 0.507 e. The summed E-state index contributed by atoms with van der Waals surface area (Å²) in [6, 6.07) is 26.6. The predicted molar refractivity (Wildman–Crippen MR) is 335 cm³/mol. The van der Waals surface area contributed by atoms with E-state index in [4.69, 9.17) is 15.2 Å². The van der Waals surface area contributed by atoms with Crippen molar-refractivity contribution in [3.05, 3.63) is 125 Å². The number of hydrogen-bond acceptors (Lipinski definition) is 17. The number of phenolic OH excluding ortho intramolecular Hbond substituents is 1. The van der Waals surface area contributed by atoms with E-state index in [0.29, 0.717) is 54.1 Å². The number of piperazine rings is 1. The number of aromatic nitrogens is 4. The Balaban J connectivity index is 0.566. The molecule has 6 aromatic rings. The van der Waals surface area contributed by atoms with Crippen molar-refractivity contribution in [1.29, 1.82) is 0 Å². The van der Waals surface area contributed by atoms with Crippen LogP contribution < -0.4 is 25.6 Å². The number of nitrogens with one attached hydrogen (secondary N) is 1. The molecule has 0 spiro atoms. The number of nitrogens with two attached hydrogens (primary N) is 1. The number of nitrogen functional groups attached to an aromatic ring is 1. The number of benzene rings is 3. The summed E-state index contributed by atoms with van der Waals surface area (Å²) < 4.78 is 13.1. The van der Waals surface area contributed by atoms with Gasteiger partial charge in [0, 0.05) is 119 Å². The number of rotatable bonds is 18. The Bertz CT molecular complexity index is 3500. The fourth-order valence-electron chi connectivity index (χ4n) is 14.8. The van der Waals surface area contributed by atoms with Crippen LogP contribution in [0.3, 0.4) is 0 Å². The van der Waals surface area contributed by atoms with Crippen LogP contribution in [0.15, 0.2) is 103 Å². The van der Waals surface area contributed by atoms with Crippen LogP contribution in [0.4, 0.5) is 17.2 Å². The summed E-state index contributed by atoms with van der Waals surface area (Å²) in [5.41, 5.74) is 15.5. The number of aryl methyl sites for hydroxylation is 1. The summed E-state index contributed by atoms with van der Waals surface area (Å²) in [5.74, 6) is 0.300. The average Bonchev–Trinajstić information content (AvgIpc) is 1.95. The predicted octanol–water partition coefficient (Wildman–Crippen LogP) is 7.64. The highest BCUT2D eigenvalue weighted by Gasteiger charge is 2.47. The van der Waals surface area contributed by atoms with E-state index in [1.54, 1.807) is 34.4 Å². The first-order chi connectivity index (χ1) is 42.7. The van der Waals surface area contributed by atoms with Gasteiger partial charge in [0.15, 0.2) is 5.82 Å². The van der Waals surface area contributed by atoms with Crippen molar-refractivity contribution in [2.24, 2.45) is 11.8 Å². The minimum absolute atomic E-state index is 0.0333. The molecule has 13 rings (SSSR count). The van der Waals surface area contributed by atoms with Crippen molar-refractivity contribution in [2.75, 3.05) is 67.9 Å². The normalized spacial score (nSPS) is 24.0. The Morgan fingerprint density at radius 1 is 0.807 bits per heavy atom. The first-order valence-electron chi connectivity index (χ1n) is 31.6. The Hall–Kier alpha value is -7.72. The number of likely N-dealkylation sites (tertiary alicyclic amines) is 3. The second kappa shape index (κ2) is 25.4. The molecule has 20 nitrogen and oxygen atoms in total. The molecular weight excluding hydrogens is 1130 g/mol. The van der Waals surface area contributed by atoms with Gasteiger partial charge in [0.2, 0.25) is 23.6 Å². The van der Waals surface area contributed by atoms with Gasteiger partial charge < -0.3 is 60.1 Å². The number of β-amino-alcohol motifs (C(OH)–C–C–N with tert-alkyl or cyclic N) is 1. The van der Waals surface area contributed by atoms with Gasteiger partial charge in [-0.25, -0.2) is 9.97 Å². The number of phenols is 1. The first kappa shape index (κ1) is 59.3. The smallest absolute Gasteiger partial charge is 0.255 e. The van der Waals surface area contributed by atoms with E-state index in [9.17, 15) is 29.4 Å². The number of aromatic hydroxyl groups is 1. The fraction of sp³-hybridized carbons (Fsp3) is 0.493. The van der Waals surface area contributed by atoms with Gasteiger partial charge in [0.25, 0.3) is 5.91 Å². The summed E-state index contributed by atoms with van der Waals surface area (Å²) in [4.78, 5) is 79.7. The van der Waals surface area contributed by atoms with Gasteiger partial charge in [-0.1, -0.05) is 68.4 Å². The molecule has 6 atom stereocenters. The first-order valence-corrected chi connectivity index (χ1v) is 32.5. The standard InChI is InChI=1S/C67H80N12O8S/c1-40(2)62(78-35-45-8-4-5-9-53(45)66(78)84)67(85)77-38-49(80)29-58(77)65(83)71-55(43-12-14-44(15-13-43)63-41(3)70-39-88-63)33-61(82)75-26-19-42(20-27-75)34-74-24-21-50(22-25-74)86-51-30-52(31-51)87-60-28-46(18-23-69-60)79-47-16-17-48(79)37-76(36-47)57-32-56(72-73-64(57)68)54-10-6-7-11-59(54)81/h4-15,18,23,28,32,39-40,42,47-52,55,58,62,80-81H,16-17,19-22,24-27,29-31,33-38H2,1-3H3,(H2,68,73)(H,71,83)/t47-,48?,49-,51?,52?,55+,58+,62+/m1/s1. The number of aliphatic hydroxyl groups excluding tert-OH is 1. The topological polar surface area (TPSA) is 236 Å². The van der Waals surface area contributed by atoms with Crippen LogP contribution in [-0.2, 0) is 25.7 Å². The second-order valence-corrected chi connectivity index (χ2v) is 26.5. The van der Waals surface area contributed by atoms with Crippen molar-refractivity contribution in [2.45, 2.75) is 146 Å². The summed E-state index contributed by atoms with van der Waals surface area (Å²) in [5, 5.41) is 33.3. The molecule has 6 fully saturated rings. The van der Waals surface area contributed by atoms with Gasteiger partial charge in [-0.15, -0.1) is 21.5 Å². The molecule has 462 valence electrons. The molecule has 3 aromatic heterocycles. The molecule has 3 aromatic carbocycles. The molecule has 1 saturated carbocycles. The van der Waals surface area contributed by atoms with Crippen LogP contribution in [0.2, 0.25) is 0 Å². The highest BCUT2D eigenvalue weighted by Crippen LogP contribution is 2.41. The quantitative estimate of drug-likeness (QED) is 0.0647. The highest BCUT2D eigenvalue weighted by molar-refractivity contribution is 7.13. The van der Waals surface area contributed by atoms with Gasteiger partial charge >= 0.3 is 0 Å². The number of carbonyl (C=O) groups excluding carboxylic acids is 4. The van der Waals surface area contributed by atoms with Gasteiger partial charge in [0.05, 0.1) is 58.2 Å². The van der Waals surface area contributed by atoms with E-state index in [1.807, 2.05) is 98.0 Å². The highest BCUT2D eigenvalue weighted by atomic mass is 32.1. The lowest BCUT2D eigenvalue weighted by molar-refractivity contribution is -0.144. The Morgan fingerprint density at radius 3 is 2.24 bits per heavy atom. The number of hydrogen-bond donors (Lipinski definition) is 4. The third-order valence-corrected chi connectivity index (χ3v) is 20.5. The molecule has 2 bridgehead atoms. The summed E-state index contributed by atoms with van der Waals surface area (Å²) in [7, 11) is 0. The van der Waals surface area contributed by atoms with E-state index < -0.39 is 30.1 Å². The van der Waals surface area contributed by atoms with E-state index in [0.717, 1.165) is 123 Å². The van der Waals surface area contributed by atoms with E-state index in [1.165, 1.54) is 4.90 Å². The molecule has 1 unspecified atom stereocenters. The second-order valence-electron chi connectivity index (χ2n) is 25.7. The molecule has 5 N–H and O–H groups in total. The van der Waals surface area contributed by atoms with E-state index in [-0.39, 0.29) is 79.2 Å².